The van der Waals surface area contributed by atoms with Gasteiger partial charge >= 0.3 is 6.18 Å². The van der Waals surface area contributed by atoms with Crippen molar-refractivity contribution in [3.05, 3.63) is 11.6 Å². The number of terminal acetylenes is 1. The van der Waals surface area contributed by atoms with Crippen molar-refractivity contribution in [1.82, 2.24) is 0 Å². The van der Waals surface area contributed by atoms with Crippen molar-refractivity contribution in [1.29, 1.82) is 0 Å². The van der Waals surface area contributed by atoms with Gasteiger partial charge < -0.3 is 0 Å². The molecule has 0 radical (unpaired) electrons. The number of hydrogen-bond donors (Lipinski definition) is 0. The Morgan fingerprint density at radius 2 is 2.17 bits per heavy atom. The molecule has 2 nitrogen and oxygen atoms in total. The highest BCUT2D eigenvalue weighted by atomic mass is 32.2. The van der Waals surface area contributed by atoms with Gasteiger partial charge in [-0.3, -0.25) is 0 Å². The molecule has 0 spiro atoms. The lowest BCUT2D eigenvalue weighted by Crippen LogP contribution is -2.20. The van der Waals surface area contributed by atoms with Gasteiger partial charge in [-0.2, -0.15) is 21.6 Å². The highest BCUT2D eigenvalue weighted by molar-refractivity contribution is 7.73. The molecule has 0 aromatic carbocycles. The van der Waals surface area contributed by atoms with Crippen molar-refractivity contribution in [2.45, 2.75) is 38.3 Å². The summed E-state index contributed by atoms with van der Waals surface area (Å²) >= 11 is 0. The molecule has 100 valence electrons. The summed E-state index contributed by atoms with van der Waals surface area (Å²) in [6.07, 6.45) is 2.50. The molecule has 0 aliphatic heterocycles. The highest BCUT2D eigenvalue weighted by Gasteiger charge is 2.30. The van der Waals surface area contributed by atoms with Gasteiger partial charge in [-0.15, -0.1) is 6.42 Å². The molecule has 0 fully saturated rings. The van der Waals surface area contributed by atoms with Crippen LogP contribution in [-0.2, 0) is 10.3 Å². The molecule has 0 N–H and O–H groups in total. The van der Waals surface area contributed by atoms with Crippen molar-refractivity contribution in [2.24, 2.45) is 5.92 Å². The van der Waals surface area contributed by atoms with E-state index in [-0.39, 0.29) is 10.8 Å². The van der Waals surface area contributed by atoms with Crippen LogP contribution in [-0.4, -0.2) is 19.5 Å². The second-order valence-corrected chi connectivity index (χ2v) is 5.15. The van der Waals surface area contributed by atoms with Crippen LogP contribution in [0.2, 0.25) is 0 Å². The van der Waals surface area contributed by atoms with E-state index < -0.39 is 29.3 Å². The van der Waals surface area contributed by atoms with E-state index in [0.29, 0.717) is 19.3 Å². The van der Waals surface area contributed by atoms with Crippen LogP contribution in [0.4, 0.5) is 13.2 Å². The Balaban J connectivity index is 2.76. The van der Waals surface area contributed by atoms with Gasteiger partial charge in [0, 0.05) is 6.42 Å². The lowest BCUT2D eigenvalue weighted by atomic mass is 9.86. The molecule has 1 atom stereocenters. The van der Waals surface area contributed by atoms with Gasteiger partial charge in [0.05, 0.1) is 4.86 Å². The SMILES string of the molecule is C#CC1=CCC(C(CCC(F)(F)F)=S(=O)=O)CC1. The third-order valence-electron chi connectivity index (χ3n) is 2.92. The van der Waals surface area contributed by atoms with Crippen molar-refractivity contribution in [3.63, 3.8) is 0 Å². The Labute approximate surface area is 105 Å². The van der Waals surface area contributed by atoms with Gasteiger partial charge in [0.15, 0.2) is 0 Å². The summed E-state index contributed by atoms with van der Waals surface area (Å²) in [5.74, 6) is 2.12. The Bertz CT molecular complexity index is 498. The fraction of sp³-hybridized carbons (Fsp3) is 0.583. The first-order valence-electron chi connectivity index (χ1n) is 5.51. The Kier molecular flexibility index (Phi) is 5.03. The van der Waals surface area contributed by atoms with E-state index in [4.69, 9.17) is 6.42 Å². The van der Waals surface area contributed by atoms with Gasteiger partial charge in [-0.05, 0) is 37.2 Å². The first-order valence-corrected chi connectivity index (χ1v) is 6.58. The quantitative estimate of drug-likeness (QED) is 0.587. The number of hydrogen-bond acceptors (Lipinski definition) is 2. The fourth-order valence-electron chi connectivity index (χ4n) is 1.95. The topological polar surface area (TPSA) is 34.1 Å². The van der Waals surface area contributed by atoms with Crippen LogP contribution in [0.25, 0.3) is 0 Å². The third kappa shape index (κ3) is 4.57. The Morgan fingerprint density at radius 1 is 1.50 bits per heavy atom. The fourth-order valence-corrected chi connectivity index (χ4v) is 2.70. The molecule has 0 amide bonds. The molecule has 1 unspecified atom stereocenters. The molecule has 1 aliphatic rings. The number of rotatable bonds is 3. The zero-order valence-electron chi connectivity index (χ0n) is 9.63. The van der Waals surface area contributed by atoms with Crippen LogP contribution in [0.1, 0.15) is 32.1 Å². The summed E-state index contributed by atoms with van der Waals surface area (Å²) in [6.45, 7) is 0. The first-order chi connectivity index (χ1) is 8.33. The molecule has 1 aliphatic carbocycles. The molecule has 18 heavy (non-hydrogen) atoms. The monoisotopic (exact) mass is 278 g/mol. The summed E-state index contributed by atoms with van der Waals surface area (Å²) in [6, 6.07) is 0. The Hall–Kier alpha value is -1.22. The van der Waals surface area contributed by atoms with E-state index in [1.807, 2.05) is 0 Å². The van der Waals surface area contributed by atoms with Crippen molar-refractivity contribution in [2.75, 3.05) is 0 Å². The smallest absolute Gasteiger partial charge is 0.185 e. The summed E-state index contributed by atoms with van der Waals surface area (Å²) in [5.41, 5.74) is 0.790. The van der Waals surface area contributed by atoms with E-state index in [0.717, 1.165) is 5.57 Å². The van der Waals surface area contributed by atoms with Gasteiger partial charge in [0.25, 0.3) is 0 Å². The van der Waals surface area contributed by atoms with Gasteiger partial charge in [-0.1, -0.05) is 12.0 Å². The van der Waals surface area contributed by atoms with Crippen LogP contribution >= 0.6 is 0 Å². The van der Waals surface area contributed by atoms with Crippen LogP contribution in [0, 0.1) is 18.3 Å². The Morgan fingerprint density at radius 3 is 2.56 bits per heavy atom. The predicted molar refractivity (Wildman–Crippen MR) is 63.5 cm³/mol. The average Bonchev–Trinajstić information content (AvgIpc) is 2.28. The van der Waals surface area contributed by atoms with Crippen molar-refractivity contribution >= 4 is 15.2 Å². The summed E-state index contributed by atoms with van der Waals surface area (Å²) in [7, 11) is -2.56. The van der Waals surface area contributed by atoms with E-state index in [9.17, 15) is 21.6 Å². The minimum absolute atomic E-state index is 0.0420. The zero-order chi connectivity index (χ0) is 13.8. The van der Waals surface area contributed by atoms with E-state index in [1.54, 1.807) is 6.08 Å². The molecular weight excluding hydrogens is 265 g/mol. The normalized spacial score (nSPS) is 19.9. The van der Waals surface area contributed by atoms with Gasteiger partial charge in [-0.25, -0.2) is 0 Å². The molecular formula is C12H13F3O2S. The maximum atomic E-state index is 12.1. The lowest BCUT2D eigenvalue weighted by Gasteiger charge is -2.20. The highest BCUT2D eigenvalue weighted by Crippen LogP contribution is 2.28. The molecule has 6 heteroatoms. The van der Waals surface area contributed by atoms with Gasteiger partial charge in [0.2, 0.25) is 10.3 Å². The average molecular weight is 278 g/mol. The molecule has 1 rings (SSSR count). The summed E-state index contributed by atoms with van der Waals surface area (Å²) in [5, 5.41) is 0. The third-order valence-corrected chi connectivity index (χ3v) is 3.89. The second kappa shape index (κ2) is 6.10. The minimum Gasteiger partial charge on any atom is -0.185 e. The van der Waals surface area contributed by atoms with Crippen molar-refractivity contribution in [3.8, 4) is 12.3 Å². The van der Waals surface area contributed by atoms with E-state index in [2.05, 4.69) is 5.92 Å². The van der Waals surface area contributed by atoms with Crippen LogP contribution in [0.15, 0.2) is 11.6 Å². The number of halogens is 3. The lowest BCUT2D eigenvalue weighted by molar-refractivity contribution is -0.132. The zero-order valence-corrected chi connectivity index (χ0v) is 10.4. The molecule has 0 heterocycles. The molecule has 0 bridgehead atoms. The summed E-state index contributed by atoms with van der Waals surface area (Å²) < 4.78 is 58.3. The van der Waals surface area contributed by atoms with Crippen LogP contribution in [0.3, 0.4) is 0 Å². The van der Waals surface area contributed by atoms with E-state index in [1.165, 1.54) is 0 Å². The van der Waals surface area contributed by atoms with E-state index >= 15 is 0 Å². The molecule has 0 aromatic heterocycles. The maximum Gasteiger partial charge on any atom is 0.389 e. The maximum absolute atomic E-state index is 12.1. The number of allylic oxidation sites excluding steroid dienone is 2. The van der Waals surface area contributed by atoms with Gasteiger partial charge in [0.1, 0.15) is 0 Å². The minimum atomic E-state index is -4.33. The first kappa shape index (κ1) is 14.8. The predicted octanol–water partition coefficient (Wildman–Crippen LogP) is 2.74. The summed E-state index contributed by atoms with van der Waals surface area (Å²) in [4.78, 5) is -0.0420. The molecule has 0 saturated heterocycles. The largest absolute Gasteiger partial charge is 0.389 e. The van der Waals surface area contributed by atoms with Crippen molar-refractivity contribution < 1.29 is 21.6 Å². The van der Waals surface area contributed by atoms with Crippen LogP contribution in [0.5, 0.6) is 0 Å². The second-order valence-electron chi connectivity index (χ2n) is 4.16. The standard InChI is InChI=1S/C12H13F3O2S/c1-2-9-3-5-10(6-4-9)11(18(16)17)7-8-12(13,14)15/h1,3,10H,4-8H2. The number of alkyl halides is 3. The van der Waals surface area contributed by atoms with Crippen LogP contribution < -0.4 is 0 Å². The molecule has 0 aromatic rings. The molecule has 0 saturated carbocycles.